The molecule has 1 saturated heterocycles. The second-order valence-electron chi connectivity index (χ2n) is 5.40. The lowest BCUT2D eigenvalue weighted by Gasteiger charge is -2.39. The van der Waals surface area contributed by atoms with Crippen molar-refractivity contribution in [1.29, 1.82) is 0 Å². The topological polar surface area (TPSA) is 35.5 Å². The van der Waals surface area contributed by atoms with Crippen molar-refractivity contribution in [3.63, 3.8) is 0 Å². The van der Waals surface area contributed by atoms with Gasteiger partial charge in [0.2, 0.25) is 5.13 Å². The minimum Gasteiger partial charge on any atom is -0.391 e. The maximum Gasteiger partial charge on any atom is 0.209 e. The van der Waals surface area contributed by atoms with Gasteiger partial charge in [-0.3, -0.25) is 0 Å². The number of halogens is 3. The number of benzene rings is 1. The SMILES string of the molecule is CC(O)C1CNCCN1c1ccc(C(F)(Cl)CCBr)cc1. The van der Waals surface area contributed by atoms with Crippen LogP contribution in [0.5, 0.6) is 0 Å². The molecule has 1 fully saturated rings. The van der Waals surface area contributed by atoms with Gasteiger partial charge in [-0.05, 0) is 19.1 Å². The van der Waals surface area contributed by atoms with E-state index in [1.807, 2.05) is 12.1 Å². The van der Waals surface area contributed by atoms with Gasteiger partial charge in [-0.1, -0.05) is 39.7 Å². The fourth-order valence-corrected chi connectivity index (χ4v) is 3.63. The number of nitrogens with one attached hydrogen (secondary N) is 1. The average Bonchev–Trinajstić information content (AvgIpc) is 2.47. The molecule has 118 valence electrons. The minimum absolute atomic E-state index is 0.0262. The van der Waals surface area contributed by atoms with E-state index in [1.54, 1.807) is 19.1 Å². The molecule has 0 radical (unpaired) electrons. The third-order valence-electron chi connectivity index (χ3n) is 3.87. The van der Waals surface area contributed by atoms with E-state index in [2.05, 4.69) is 26.1 Å². The van der Waals surface area contributed by atoms with Crippen LogP contribution in [0.4, 0.5) is 10.1 Å². The molecule has 2 N–H and O–H groups in total. The molecule has 0 aromatic heterocycles. The summed E-state index contributed by atoms with van der Waals surface area (Å²) < 4.78 is 14.3. The number of anilines is 1. The Balaban J connectivity index is 2.17. The van der Waals surface area contributed by atoms with Crippen LogP contribution in [0.3, 0.4) is 0 Å². The lowest BCUT2D eigenvalue weighted by molar-refractivity contribution is 0.151. The van der Waals surface area contributed by atoms with Crippen LogP contribution < -0.4 is 10.2 Å². The average molecular weight is 380 g/mol. The molecule has 1 heterocycles. The number of nitrogens with zero attached hydrogens (tertiary/aromatic N) is 1. The van der Waals surface area contributed by atoms with Crippen molar-refractivity contribution in [3.8, 4) is 0 Å². The molecule has 0 bridgehead atoms. The molecule has 3 atom stereocenters. The van der Waals surface area contributed by atoms with Gasteiger partial charge in [-0.15, -0.1) is 0 Å². The fraction of sp³-hybridized carbons (Fsp3) is 0.600. The van der Waals surface area contributed by atoms with E-state index in [1.165, 1.54) is 0 Å². The van der Waals surface area contributed by atoms with Crippen LogP contribution in [-0.4, -0.2) is 42.2 Å². The molecule has 0 amide bonds. The van der Waals surface area contributed by atoms with Crippen LogP contribution in [0, 0.1) is 0 Å². The van der Waals surface area contributed by atoms with E-state index >= 15 is 0 Å². The Morgan fingerprint density at radius 3 is 2.76 bits per heavy atom. The van der Waals surface area contributed by atoms with E-state index in [4.69, 9.17) is 11.6 Å². The first-order valence-electron chi connectivity index (χ1n) is 7.15. The van der Waals surface area contributed by atoms with Gasteiger partial charge in [0.1, 0.15) is 0 Å². The lowest BCUT2D eigenvalue weighted by atomic mass is 10.0. The number of hydrogen-bond acceptors (Lipinski definition) is 3. The number of hydrogen-bond donors (Lipinski definition) is 2. The molecule has 1 aliphatic rings. The second-order valence-corrected chi connectivity index (χ2v) is 6.79. The summed E-state index contributed by atoms with van der Waals surface area (Å²) in [5, 5.41) is 11.8. The Bertz CT molecular complexity index is 455. The van der Waals surface area contributed by atoms with Crippen LogP contribution in [0.2, 0.25) is 0 Å². The Morgan fingerprint density at radius 2 is 2.19 bits per heavy atom. The summed E-state index contributed by atoms with van der Waals surface area (Å²) in [5.74, 6) is 0. The van der Waals surface area contributed by atoms with Crippen LogP contribution in [0.1, 0.15) is 18.9 Å². The van der Waals surface area contributed by atoms with Gasteiger partial charge in [-0.2, -0.15) is 0 Å². The standard InChI is InChI=1S/C15H21BrClFN2O/c1-11(21)14-10-19-8-9-20(14)13-4-2-12(3-5-13)15(17,18)6-7-16/h2-5,11,14,19,21H,6-10H2,1H3. The van der Waals surface area contributed by atoms with Crippen molar-refractivity contribution in [2.24, 2.45) is 0 Å². The van der Waals surface area contributed by atoms with Crippen molar-refractivity contribution in [2.45, 2.75) is 30.6 Å². The summed E-state index contributed by atoms with van der Waals surface area (Å²) in [5.41, 5.74) is 1.45. The smallest absolute Gasteiger partial charge is 0.209 e. The van der Waals surface area contributed by atoms with E-state index in [0.29, 0.717) is 10.9 Å². The third-order valence-corrected chi connectivity index (χ3v) is 4.67. The monoisotopic (exact) mass is 378 g/mol. The molecule has 2 rings (SSSR count). The van der Waals surface area contributed by atoms with Gasteiger partial charge in [-0.25, -0.2) is 4.39 Å². The maximum absolute atomic E-state index is 14.3. The van der Waals surface area contributed by atoms with Crippen LogP contribution in [0.25, 0.3) is 0 Å². The number of alkyl halides is 3. The van der Waals surface area contributed by atoms with E-state index in [-0.39, 0.29) is 12.5 Å². The highest BCUT2D eigenvalue weighted by molar-refractivity contribution is 9.09. The van der Waals surface area contributed by atoms with Crippen molar-refractivity contribution >= 4 is 33.2 Å². The zero-order chi connectivity index (χ0) is 15.5. The highest BCUT2D eigenvalue weighted by atomic mass is 79.9. The Labute approximate surface area is 138 Å². The predicted molar refractivity (Wildman–Crippen MR) is 89.2 cm³/mol. The van der Waals surface area contributed by atoms with Gasteiger partial charge < -0.3 is 15.3 Å². The van der Waals surface area contributed by atoms with Gasteiger partial charge >= 0.3 is 0 Å². The molecule has 3 nitrogen and oxygen atoms in total. The first-order valence-corrected chi connectivity index (χ1v) is 8.65. The first-order chi connectivity index (χ1) is 9.95. The number of rotatable bonds is 5. The number of aliphatic hydroxyl groups excluding tert-OH is 1. The van der Waals surface area contributed by atoms with Gasteiger partial charge in [0, 0.05) is 42.6 Å². The molecule has 21 heavy (non-hydrogen) atoms. The van der Waals surface area contributed by atoms with Crippen molar-refractivity contribution in [2.75, 3.05) is 29.9 Å². The Kier molecular flexibility index (Phi) is 5.88. The van der Waals surface area contributed by atoms with E-state index < -0.39 is 11.2 Å². The van der Waals surface area contributed by atoms with Crippen molar-refractivity contribution in [3.05, 3.63) is 29.8 Å². The highest BCUT2D eigenvalue weighted by Gasteiger charge is 2.29. The van der Waals surface area contributed by atoms with E-state index in [0.717, 1.165) is 25.3 Å². The first kappa shape index (κ1) is 17.0. The zero-order valence-corrected chi connectivity index (χ0v) is 14.4. The minimum atomic E-state index is -1.84. The maximum atomic E-state index is 14.3. The summed E-state index contributed by atoms with van der Waals surface area (Å²) in [6.45, 7) is 4.22. The summed E-state index contributed by atoms with van der Waals surface area (Å²) >= 11 is 9.13. The third kappa shape index (κ3) is 4.09. The Hall–Kier alpha value is -0.360. The molecule has 3 unspecified atom stereocenters. The predicted octanol–water partition coefficient (Wildman–Crippen LogP) is 2.99. The molecular formula is C15H21BrClFN2O. The Morgan fingerprint density at radius 1 is 1.52 bits per heavy atom. The lowest BCUT2D eigenvalue weighted by Crippen LogP contribution is -2.56. The summed E-state index contributed by atoms with van der Waals surface area (Å²) in [6, 6.07) is 7.23. The van der Waals surface area contributed by atoms with Crippen molar-refractivity contribution < 1.29 is 9.50 Å². The summed E-state index contributed by atoms with van der Waals surface area (Å²) in [6.07, 6.45) is -0.211. The molecule has 6 heteroatoms. The van der Waals surface area contributed by atoms with Crippen molar-refractivity contribution in [1.82, 2.24) is 5.32 Å². The van der Waals surface area contributed by atoms with E-state index in [9.17, 15) is 9.50 Å². The summed E-state index contributed by atoms with van der Waals surface area (Å²) in [7, 11) is 0. The normalized spacial score (nSPS) is 23.7. The largest absolute Gasteiger partial charge is 0.391 e. The molecule has 0 saturated carbocycles. The van der Waals surface area contributed by atoms with Gasteiger partial charge in [0.15, 0.2) is 0 Å². The quantitative estimate of drug-likeness (QED) is 0.772. The molecule has 0 spiro atoms. The van der Waals surface area contributed by atoms with Crippen LogP contribution in [0.15, 0.2) is 24.3 Å². The highest BCUT2D eigenvalue weighted by Crippen LogP contribution is 2.36. The molecule has 1 aromatic carbocycles. The van der Waals surface area contributed by atoms with Gasteiger partial charge in [0.05, 0.1) is 12.1 Å². The molecule has 0 aliphatic carbocycles. The van der Waals surface area contributed by atoms with Crippen LogP contribution >= 0.6 is 27.5 Å². The van der Waals surface area contributed by atoms with Gasteiger partial charge in [0.25, 0.3) is 0 Å². The number of piperazine rings is 1. The summed E-state index contributed by atoms with van der Waals surface area (Å²) in [4.78, 5) is 2.16. The molecule has 1 aromatic rings. The molecule has 1 aliphatic heterocycles. The molecular weight excluding hydrogens is 359 g/mol. The fourth-order valence-electron chi connectivity index (χ4n) is 2.64. The zero-order valence-electron chi connectivity index (χ0n) is 12.0. The second kappa shape index (κ2) is 7.27. The van der Waals surface area contributed by atoms with Crippen LogP contribution in [-0.2, 0) is 5.13 Å². The number of aliphatic hydroxyl groups is 1.